The third-order valence-corrected chi connectivity index (χ3v) is 4.08. The molecule has 1 N–H and O–H groups in total. The third-order valence-electron chi connectivity index (χ3n) is 4.08. The molecule has 6 nitrogen and oxygen atoms in total. The first-order valence-electron chi connectivity index (χ1n) is 8.58. The summed E-state index contributed by atoms with van der Waals surface area (Å²) >= 11 is 0. The highest BCUT2D eigenvalue weighted by molar-refractivity contribution is 5.69. The number of nitrogens with zero attached hydrogens (tertiary/aromatic N) is 1. The molecule has 1 fully saturated rings. The first-order valence-corrected chi connectivity index (χ1v) is 8.58. The quantitative estimate of drug-likeness (QED) is 0.421. The van der Waals surface area contributed by atoms with E-state index in [0.29, 0.717) is 11.6 Å². The minimum absolute atomic E-state index is 0.634. The zero-order valence-corrected chi connectivity index (χ0v) is 15.1. The molecule has 0 aromatic heterocycles. The Morgan fingerprint density at radius 2 is 2.00 bits per heavy atom. The summed E-state index contributed by atoms with van der Waals surface area (Å²) in [6.45, 7) is 5.02. The normalized spacial score (nSPS) is 16.1. The Morgan fingerprint density at radius 3 is 2.67 bits per heavy atom. The largest absolute Gasteiger partial charge is 0.496 e. The summed E-state index contributed by atoms with van der Waals surface area (Å²) < 4.78 is 11.3. The molecule has 0 amide bonds. The van der Waals surface area contributed by atoms with Crippen LogP contribution in [0.4, 0.5) is 0 Å². The van der Waals surface area contributed by atoms with Crippen LogP contribution in [-0.2, 0) is 21.1 Å². The molecule has 134 valence electrons. The lowest BCUT2D eigenvalue weighted by Gasteiger charge is -2.19. The van der Waals surface area contributed by atoms with Gasteiger partial charge in [-0.15, -0.1) is 0 Å². The van der Waals surface area contributed by atoms with Crippen molar-refractivity contribution in [1.29, 1.82) is 0 Å². The van der Waals surface area contributed by atoms with Gasteiger partial charge in [0.05, 0.1) is 26.3 Å². The van der Waals surface area contributed by atoms with Crippen LogP contribution < -0.4 is 10.2 Å². The molecule has 1 heterocycles. The zero-order valence-electron chi connectivity index (χ0n) is 15.1. The highest BCUT2D eigenvalue weighted by Crippen LogP contribution is 2.33. The monoisotopic (exact) mass is 336 g/mol. The number of hydrogen-bond donors (Lipinski definition) is 1. The summed E-state index contributed by atoms with van der Waals surface area (Å²) in [5.74, 6) is 2.10. The summed E-state index contributed by atoms with van der Waals surface area (Å²) in [6, 6.07) is 6.02. The molecule has 0 unspecified atom stereocenters. The molecule has 1 aromatic carbocycles. The molecule has 1 aliphatic rings. The maximum Gasteiger partial charge on any atom is 0.199 e. The van der Waals surface area contributed by atoms with Gasteiger partial charge in [0, 0.05) is 0 Å². The highest BCUT2D eigenvalue weighted by Gasteiger charge is 2.27. The zero-order chi connectivity index (χ0) is 17.4. The maximum atomic E-state index is 5.66. The number of aryl methyl sites for hydroxylation is 1. The predicted molar refractivity (Wildman–Crippen MR) is 92.5 cm³/mol. The van der Waals surface area contributed by atoms with Gasteiger partial charge in [-0.1, -0.05) is 55.2 Å². The van der Waals surface area contributed by atoms with E-state index in [1.165, 1.54) is 12.8 Å². The molecular formula is C18H28N2O4. The lowest BCUT2D eigenvalue weighted by molar-refractivity contribution is -0.387. The number of para-hydroxylation sites is 1. The van der Waals surface area contributed by atoms with Crippen molar-refractivity contribution < 1.29 is 19.5 Å². The van der Waals surface area contributed by atoms with E-state index in [1.807, 2.05) is 12.1 Å². The van der Waals surface area contributed by atoms with Crippen molar-refractivity contribution in [1.82, 2.24) is 10.5 Å². The number of methoxy groups -OCH3 is 2. The van der Waals surface area contributed by atoms with Gasteiger partial charge in [-0.05, 0) is 24.5 Å². The average molecular weight is 336 g/mol. The molecular weight excluding hydrogens is 308 g/mol. The van der Waals surface area contributed by atoms with Gasteiger partial charge in [0.15, 0.2) is 11.6 Å². The van der Waals surface area contributed by atoms with E-state index >= 15 is 0 Å². The van der Waals surface area contributed by atoms with Crippen molar-refractivity contribution in [2.24, 2.45) is 0 Å². The highest BCUT2D eigenvalue weighted by atomic mass is 17.4. The van der Waals surface area contributed by atoms with Gasteiger partial charge < -0.3 is 9.47 Å². The van der Waals surface area contributed by atoms with Crippen LogP contribution in [-0.4, -0.2) is 25.8 Å². The van der Waals surface area contributed by atoms with Crippen molar-refractivity contribution in [2.75, 3.05) is 20.8 Å². The van der Waals surface area contributed by atoms with Gasteiger partial charge >= 0.3 is 0 Å². The topological polar surface area (TPSA) is 52.2 Å². The van der Waals surface area contributed by atoms with E-state index in [9.17, 15) is 0 Å². The van der Waals surface area contributed by atoms with Gasteiger partial charge in [0.25, 0.3) is 0 Å². The fourth-order valence-corrected chi connectivity index (χ4v) is 2.80. The number of hydrogen-bond acceptors (Lipinski definition) is 6. The van der Waals surface area contributed by atoms with Crippen LogP contribution in [0.2, 0.25) is 0 Å². The van der Waals surface area contributed by atoms with Crippen molar-refractivity contribution in [3.8, 4) is 5.75 Å². The second-order valence-electron chi connectivity index (χ2n) is 5.66. The minimum atomic E-state index is 0.634. The van der Waals surface area contributed by atoms with E-state index in [4.69, 9.17) is 19.5 Å². The van der Waals surface area contributed by atoms with Gasteiger partial charge in [0.2, 0.25) is 0 Å². The fraction of sp³-hybridized carbons (Fsp3) is 0.556. The van der Waals surface area contributed by atoms with Gasteiger partial charge in [0.1, 0.15) is 5.75 Å². The van der Waals surface area contributed by atoms with Crippen molar-refractivity contribution in [3.63, 3.8) is 0 Å². The predicted octanol–water partition coefficient (Wildman–Crippen LogP) is 3.79. The van der Waals surface area contributed by atoms with E-state index in [-0.39, 0.29) is 0 Å². The Morgan fingerprint density at radius 1 is 1.17 bits per heavy atom. The van der Waals surface area contributed by atoms with E-state index in [0.717, 1.165) is 42.7 Å². The molecule has 1 aliphatic heterocycles. The Balaban J connectivity index is 2.29. The lowest BCUT2D eigenvalue weighted by atomic mass is 10.0. The Labute approximate surface area is 144 Å². The molecule has 0 spiro atoms. The first-order chi connectivity index (χ1) is 11.8. The van der Waals surface area contributed by atoms with Crippen LogP contribution in [0.3, 0.4) is 0 Å². The summed E-state index contributed by atoms with van der Waals surface area (Å²) in [7, 11) is 3.31. The van der Waals surface area contributed by atoms with Gasteiger partial charge in [-0.3, -0.25) is 0 Å². The number of hydroxylamine groups is 3. The number of nitrogens with one attached hydrogen (secondary N) is 1. The first kappa shape index (κ1) is 18.4. The number of rotatable bonds is 9. The van der Waals surface area contributed by atoms with Crippen LogP contribution in [0.25, 0.3) is 5.76 Å². The second-order valence-corrected chi connectivity index (χ2v) is 5.66. The lowest BCUT2D eigenvalue weighted by Crippen LogP contribution is -2.22. The smallest absolute Gasteiger partial charge is 0.199 e. The Hall–Kier alpha value is -1.92. The molecule has 0 bridgehead atoms. The van der Waals surface area contributed by atoms with Crippen molar-refractivity contribution in [2.45, 2.75) is 46.0 Å². The molecule has 0 saturated carbocycles. The molecule has 0 radical (unpaired) electrons. The van der Waals surface area contributed by atoms with E-state index in [1.54, 1.807) is 19.3 Å². The Bertz CT molecular complexity index is 560. The van der Waals surface area contributed by atoms with Crippen LogP contribution >= 0.6 is 0 Å². The van der Waals surface area contributed by atoms with Crippen LogP contribution in [0.1, 0.15) is 50.7 Å². The molecule has 0 aliphatic carbocycles. The maximum absolute atomic E-state index is 5.66. The molecule has 6 heteroatoms. The van der Waals surface area contributed by atoms with Gasteiger partial charge in [-0.25, -0.2) is 5.48 Å². The SMILES string of the molecule is CCCCCCN1OONC1=C(OC)c1cccc(CC)c1OC. The summed E-state index contributed by atoms with van der Waals surface area (Å²) in [5.41, 5.74) is 4.78. The minimum Gasteiger partial charge on any atom is -0.496 e. The standard InChI is InChI=1S/C18H28N2O4/c1-5-7-8-9-13-20-18(19-23-24-20)17(22-4)15-12-10-11-14(6-2)16(15)21-3/h10-12,19H,5-9,13H2,1-4H3. The summed E-state index contributed by atoms with van der Waals surface area (Å²) in [6.07, 6.45) is 5.46. The third kappa shape index (κ3) is 4.13. The van der Waals surface area contributed by atoms with Crippen molar-refractivity contribution >= 4 is 5.76 Å². The number of benzene rings is 1. The molecule has 24 heavy (non-hydrogen) atoms. The molecule has 1 saturated heterocycles. The van der Waals surface area contributed by atoms with Crippen LogP contribution in [0.15, 0.2) is 24.0 Å². The van der Waals surface area contributed by atoms with Crippen LogP contribution in [0, 0.1) is 0 Å². The van der Waals surface area contributed by atoms with E-state index < -0.39 is 0 Å². The second kappa shape index (κ2) is 9.39. The molecule has 2 rings (SSSR count). The van der Waals surface area contributed by atoms with Crippen LogP contribution in [0.5, 0.6) is 5.75 Å². The summed E-state index contributed by atoms with van der Waals surface area (Å²) in [5, 5.41) is 1.69. The fourth-order valence-electron chi connectivity index (χ4n) is 2.80. The average Bonchev–Trinajstić information content (AvgIpc) is 3.07. The number of unbranched alkanes of at least 4 members (excludes halogenated alkanes) is 3. The Kier molecular flexibility index (Phi) is 7.21. The van der Waals surface area contributed by atoms with E-state index in [2.05, 4.69) is 25.4 Å². The molecule has 0 atom stereocenters. The van der Waals surface area contributed by atoms with Crippen molar-refractivity contribution in [3.05, 3.63) is 35.1 Å². The number of ether oxygens (including phenoxy) is 2. The van der Waals surface area contributed by atoms with Gasteiger partial charge in [-0.2, -0.15) is 5.06 Å². The summed E-state index contributed by atoms with van der Waals surface area (Å²) in [4.78, 5) is 10.2. The molecule has 1 aromatic rings.